The fraction of sp³-hybridized carbons (Fsp3) is 0.167. The summed E-state index contributed by atoms with van der Waals surface area (Å²) >= 11 is 5.98. The number of hydrogen-bond donors (Lipinski definition) is 1. The van der Waals surface area contributed by atoms with Crippen LogP contribution in [0.1, 0.15) is 11.3 Å². The molecule has 0 atom stereocenters. The molecule has 0 spiro atoms. The van der Waals surface area contributed by atoms with E-state index in [0.29, 0.717) is 17.3 Å². The van der Waals surface area contributed by atoms with E-state index in [0.717, 1.165) is 5.56 Å². The van der Waals surface area contributed by atoms with E-state index >= 15 is 0 Å². The normalized spacial score (nSPS) is 10.4. The van der Waals surface area contributed by atoms with Crippen LogP contribution >= 0.6 is 11.6 Å². The Kier molecular flexibility index (Phi) is 3.74. The first-order chi connectivity index (χ1) is 8.61. The molecule has 18 heavy (non-hydrogen) atoms. The SMILES string of the molecule is Cc1ncnc(Oc2ccc(CN)c(Cl)c2)c1F. The van der Waals surface area contributed by atoms with Crippen molar-refractivity contribution in [3.05, 3.63) is 46.6 Å². The Hall–Kier alpha value is -1.72. The number of aromatic nitrogens is 2. The van der Waals surface area contributed by atoms with E-state index in [4.69, 9.17) is 22.1 Å². The van der Waals surface area contributed by atoms with Crippen molar-refractivity contribution in [2.24, 2.45) is 5.73 Å². The zero-order valence-corrected chi connectivity index (χ0v) is 10.4. The maximum absolute atomic E-state index is 13.6. The van der Waals surface area contributed by atoms with Gasteiger partial charge in [0.2, 0.25) is 5.82 Å². The minimum absolute atomic E-state index is 0.126. The van der Waals surface area contributed by atoms with E-state index in [1.807, 2.05) is 0 Å². The lowest BCUT2D eigenvalue weighted by atomic mass is 10.2. The number of nitrogens with zero attached hydrogens (tertiary/aromatic N) is 2. The lowest BCUT2D eigenvalue weighted by Gasteiger charge is -2.08. The number of hydrogen-bond acceptors (Lipinski definition) is 4. The molecule has 0 unspecified atom stereocenters. The Labute approximate surface area is 109 Å². The number of halogens is 2. The number of benzene rings is 1. The number of rotatable bonds is 3. The van der Waals surface area contributed by atoms with Crippen molar-refractivity contribution >= 4 is 11.6 Å². The number of aryl methyl sites for hydroxylation is 1. The Morgan fingerprint density at radius 3 is 2.83 bits per heavy atom. The van der Waals surface area contributed by atoms with Crippen molar-refractivity contribution in [2.75, 3.05) is 0 Å². The van der Waals surface area contributed by atoms with E-state index < -0.39 is 5.82 Å². The van der Waals surface area contributed by atoms with E-state index in [-0.39, 0.29) is 11.6 Å². The first-order valence-corrected chi connectivity index (χ1v) is 5.63. The molecule has 4 nitrogen and oxygen atoms in total. The molecule has 1 aromatic heterocycles. The van der Waals surface area contributed by atoms with Gasteiger partial charge in [-0.2, -0.15) is 9.37 Å². The van der Waals surface area contributed by atoms with Gasteiger partial charge in [-0.3, -0.25) is 0 Å². The Balaban J connectivity index is 2.29. The second kappa shape index (κ2) is 5.29. The lowest BCUT2D eigenvalue weighted by Crippen LogP contribution is -1.99. The van der Waals surface area contributed by atoms with Gasteiger partial charge in [-0.05, 0) is 24.6 Å². The lowest BCUT2D eigenvalue weighted by molar-refractivity contribution is 0.416. The van der Waals surface area contributed by atoms with Crippen LogP contribution in [0.15, 0.2) is 24.5 Å². The molecule has 0 bridgehead atoms. The number of nitrogens with two attached hydrogens (primary N) is 1. The third-order valence-electron chi connectivity index (χ3n) is 2.39. The second-order valence-corrected chi connectivity index (χ2v) is 4.04. The summed E-state index contributed by atoms with van der Waals surface area (Å²) in [5.41, 5.74) is 6.51. The first-order valence-electron chi connectivity index (χ1n) is 5.25. The Morgan fingerprint density at radius 2 is 2.17 bits per heavy atom. The van der Waals surface area contributed by atoms with Crippen LogP contribution in [0.25, 0.3) is 0 Å². The quantitative estimate of drug-likeness (QED) is 0.929. The van der Waals surface area contributed by atoms with Gasteiger partial charge in [0.05, 0.1) is 5.69 Å². The molecule has 0 fully saturated rings. The van der Waals surface area contributed by atoms with Crippen molar-refractivity contribution < 1.29 is 9.13 Å². The minimum atomic E-state index is -0.587. The topological polar surface area (TPSA) is 61.0 Å². The molecule has 2 N–H and O–H groups in total. The highest BCUT2D eigenvalue weighted by Crippen LogP contribution is 2.27. The fourth-order valence-corrected chi connectivity index (χ4v) is 1.62. The van der Waals surface area contributed by atoms with E-state index in [1.165, 1.54) is 13.3 Å². The van der Waals surface area contributed by atoms with Crippen molar-refractivity contribution in [1.29, 1.82) is 0 Å². The van der Waals surface area contributed by atoms with E-state index in [9.17, 15) is 4.39 Å². The first kappa shape index (κ1) is 12.7. The molecule has 0 aliphatic heterocycles. The summed E-state index contributed by atoms with van der Waals surface area (Å²) in [6, 6.07) is 4.95. The van der Waals surface area contributed by atoms with Crippen LogP contribution in [0, 0.1) is 12.7 Å². The highest BCUT2D eigenvalue weighted by molar-refractivity contribution is 6.31. The van der Waals surface area contributed by atoms with Gasteiger partial charge >= 0.3 is 0 Å². The third kappa shape index (κ3) is 2.57. The molecule has 0 amide bonds. The van der Waals surface area contributed by atoms with Crippen LogP contribution in [0.3, 0.4) is 0 Å². The molecular weight excluding hydrogens is 257 g/mol. The third-order valence-corrected chi connectivity index (χ3v) is 2.74. The molecule has 0 aliphatic carbocycles. The molecule has 2 aromatic rings. The molecule has 6 heteroatoms. The molecular formula is C12H11ClFN3O. The molecule has 1 aromatic carbocycles. The van der Waals surface area contributed by atoms with Gasteiger partial charge < -0.3 is 10.5 Å². The molecule has 1 heterocycles. The van der Waals surface area contributed by atoms with Crippen LogP contribution in [0.2, 0.25) is 5.02 Å². The van der Waals surface area contributed by atoms with Gasteiger partial charge in [0.15, 0.2) is 0 Å². The second-order valence-electron chi connectivity index (χ2n) is 3.64. The molecule has 94 valence electrons. The summed E-state index contributed by atoms with van der Waals surface area (Å²) < 4.78 is 18.9. The van der Waals surface area contributed by atoms with Gasteiger partial charge in [0.1, 0.15) is 12.1 Å². The van der Waals surface area contributed by atoms with Gasteiger partial charge in [-0.1, -0.05) is 17.7 Å². The van der Waals surface area contributed by atoms with Gasteiger partial charge in [0.25, 0.3) is 5.88 Å². The van der Waals surface area contributed by atoms with E-state index in [2.05, 4.69) is 9.97 Å². The summed E-state index contributed by atoms with van der Waals surface area (Å²) in [5.74, 6) is -0.315. The molecule has 0 saturated carbocycles. The van der Waals surface area contributed by atoms with Crippen molar-refractivity contribution in [3.63, 3.8) is 0 Å². The molecule has 0 aliphatic rings. The predicted molar refractivity (Wildman–Crippen MR) is 66.1 cm³/mol. The average Bonchev–Trinajstić information content (AvgIpc) is 2.35. The van der Waals surface area contributed by atoms with Gasteiger partial charge in [-0.25, -0.2) is 4.98 Å². The van der Waals surface area contributed by atoms with Crippen LogP contribution in [0.5, 0.6) is 11.6 Å². The summed E-state index contributed by atoms with van der Waals surface area (Å²) in [6.07, 6.45) is 1.24. The summed E-state index contributed by atoms with van der Waals surface area (Å²) in [4.78, 5) is 7.45. The summed E-state index contributed by atoms with van der Waals surface area (Å²) in [5, 5.41) is 0.473. The van der Waals surface area contributed by atoms with Crippen molar-refractivity contribution in [3.8, 4) is 11.6 Å². The summed E-state index contributed by atoms with van der Waals surface area (Å²) in [6.45, 7) is 1.87. The fourth-order valence-electron chi connectivity index (χ4n) is 1.38. The van der Waals surface area contributed by atoms with Gasteiger partial charge in [-0.15, -0.1) is 0 Å². The van der Waals surface area contributed by atoms with Gasteiger partial charge in [0, 0.05) is 11.6 Å². The summed E-state index contributed by atoms with van der Waals surface area (Å²) in [7, 11) is 0. The highest BCUT2D eigenvalue weighted by atomic mass is 35.5. The molecule has 2 rings (SSSR count). The van der Waals surface area contributed by atoms with Crippen LogP contribution in [0.4, 0.5) is 4.39 Å². The zero-order valence-electron chi connectivity index (χ0n) is 9.65. The standard InChI is InChI=1S/C12H11ClFN3O/c1-7-11(14)12(17-6-16-7)18-9-3-2-8(5-15)10(13)4-9/h2-4,6H,5,15H2,1H3. The smallest absolute Gasteiger partial charge is 0.259 e. The number of ether oxygens (including phenoxy) is 1. The van der Waals surface area contributed by atoms with Crippen LogP contribution in [-0.4, -0.2) is 9.97 Å². The maximum atomic E-state index is 13.6. The largest absolute Gasteiger partial charge is 0.436 e. The molecule has 0 saturated heterocycles. The minimum Gasteiger partial charge on any atom is -0.436 e. The highest BCUT2D eigenvalue weighted by Gasteiger charge is 2.10. The predicted octanol–water partition coefficient (Wildman–Crippen LogP) is 2.83. The van der Waals surface area contributed by atoms with Crippen molar-refractivity contribution in [1.82, 2.24) is 9.97 Å². The van der Waals surface area contributed by atoms with E-state index in [1.54, 1.807) is 18.2 Å². The van der Waals surface area contributed by atoms with Crippen LogP contribution in [-0.2, 0) is 6.54 Å². The maximum Gasteiger partial charge on any atom is 0.259 e. The Bertz CT molecular complexity index is 577. The average molecular weight is 268 g/mol. The monoisotopic (exact) mass is 267 g/mol. The van der Waals surface area contributed by atoms with Crippen molar-refractivity contribution in [2.45, 2.75) is 13.5 Å². The zero-order chi connectivity index (χ0) is 13.1. The Morgan fingerprint density at radius 1 is 1.39 bits per heavy atom. The van der Waals surface area contributed by atoms with Crippen LogP contribution < -0.4 is 10.5 Å². The molecule has 0 radical (unpaired) electrons.